The SMILES string of the molecule is COC1=CC(C)=C2O[C@@]3(C[C@@]2(OO)C1=O)[C@@H](C)CC[C@@H]1[C@@]2(C)CC[C@H](O)C(C)(C)[C@@H]2CC[C@]13C. The van der Waals surface area contributed by atoms with Gasteiger partial charge in [-0.3, -0.25) is 10.1 Å². The Balaban J connectivity index is 1.62. The molecule has 34 heavy (non-hydrogen) atoms. The summed E-state index contributed by atoms with van der Waals surface area (Å²) in [5.41, 5.74) is -1.66. The maximum Gasteiger partial charge on any atom is 0.240 e. The average Bonchev–Trinajstić information content (AvgIpc) is 3.17. The Labute approximate surface area is 203 Å². The number of allylic oxidation sites excluding steroid dienone is 2. The van der Waals surface area contributed by atoms with Crippen LogP contribution in [0, 0.1) is 34.0 Å². The van der Waals surface area contributed by atoms with E-state index in [9.17, 15) is 15.2 Å². The molecule has 0 radical (unpaired) electrons. The Morgan fingerprint density at radius 3 is 2.41 bits per heavy atom. The second-order valence-electron chi connectivity index (χ2n) is 13.1. The van der Waals surface area contributed by atoms with E-state index in [0.717, 1.165) is 44.1 Å². The quantitative estimate of drug-likeness (QED) is 0.411. The number of hydrogen-bond acceptors (Lipinski definition) is 6. The van der Waals surface area contributed by atoms with Crippen LogP contribution >= 0.6 is 0 Å². The number of ether oxygens (including phenoxy) is 2. The van der Waals surface area contributed by atoms with Crippen molar-refractivity contribution in [3.63, 3.8) is 0 Å². The minimum absolute atomic E-state index is 0.0800. The molecule has 4 aliphatic carbocycles. The maximum absolute atomic E-state index is 13.5. The molecule has 1 spiro atoms. The Kier molecular flexibility index (Phi) is 5.24. The van der Waals surface area contributed by atoms with Crippen molar-refractivity contribution >= 4 is 5.78 Å². The molecule has 5 rings (SSSR count). The molecule has 0 aromatic heterocycles. The van der Waals surface area contributed by atoms with Crippen LogP contribution in [0.3, 0.4) is 0 Å². The van der Waals surface area contributed by atoms with E-state index in [1.54, 1.807) is 6.08 Å². The molecule has 1 heterocycles. The zero-order chi connectivity index (χ0) is 24.9. The molecular weight excluding hydrogens is 432 g/mol. The van der Waals surface area contributed by atoms with Gasteiger partial charge >= 0.3 is 0 Å². The number of fused-ring (bicyclic) bond motifs is 5. The van der Waals surface area contributed by atoms with Crippen LogP contribution in [0.5, 0.6) is 0 Å². The second kappa shape index (κ2) is 7.33. The molecule has 2 N–H and O–H groups in total. The first kappa shape index (κ1) is 24.3. The lowest BCUT2D eigenvalue weighted by atomic mass is 9.37. The van der Waals surface area contributed by atoms with Crippen molar-refractivity contribution in [3.8, 4) is 0 Å². The van der Waals surface area contributed by atoms with Crippen molar-refractivity contribution < 1.29 is 29.5 Å². The highest BCUT2D eigenvalue weighted by Gasteiger charge is 2.75. The maximum atomic E-state index is 13.5. The van der Waals surface area contributed by atoms with E-state index in [1.165, 1.54) is 7.11 Å². The summed E-state index contributed by atoms with van der Waals surface area (Å²) < 4.78 is 12.3. The lowest BCUT2D eigenvalue weighted by molar-refractivity contribution is -0.303. The van der Waals surface area contributed by atoms with Gasteiger partial charge in [0.2, 0.25) is 11.4 Å². The van der Waals surface area contributed by atoms with Crippen LogP contribution in [-0.2, 0) is 19.2 Å². The first-order valence-electron chi connectivity index (χ1n) is 13.1. The summed E-state index contributed by atoms with van der Waals surface area (Å²) in [6.45, 7) is 13.4. The molecule has 1 aliphatic heterocycles. The third-order valence-electron chi connectivity index (χ3n) is 11.5. The number of carbonyl (C=O) groups is 1. The van der Waals surface area contributed by atoms with Gasteiger partial charge in [-0.25, -0.2) is 4.89 Å². The van der Waals surface area contributed by atoms with E-state index in [-0.39, 0.29) is 39.8 Å². The number of aliphatic hydroxyl groups excluding tert-OH is 1. The molecule has 190 valence electrons. The topological polar surface area (TPSA) is 85.2 Å². The molecule has 3 saturated carbocycles. The van der Waals surface area contributed by atoms with Crippen molar-refractivity contribution in [2.45, 2.75) is 104 Å². The molecule has 1 saturated heterocycles. The highest BCUT2D eigenvalue weighted by molar-refractivity contribution is 6.04. The predicted octanol–water partition coefficient (Wildman–Crippen LogP) is 5.41. The largest absolute Gasteiger partial charge is 0.493 e. The third kappa shape index (κ3) is 2.66. The highest BCUT2D eigenvalue weighted by atomic mass is 17.1. The summed E-state index contributed by atoms with van der Waals surface area (Å²) in [4.78, 5) is 18.6. The highest BCUT2D eigenvalue weighted by Crippen LogP contribution is 2.73. The van der Waals surface area contributed by atoms with Gasteiger partial charge in [0.05, 0.1) is 13.2 Å². The Morgan fingerprint density at radius 2 is 1.76 bits per heavy atom. The van der Waals surface area contributed by atoms with Crippen LogP contribution in [0.4, 0.5) is 0 Å². The van der Waals surface area contributed by atoms with Crippen molar-refractivity contribution in [1.82, 2.24) is 0 Å². The number of ketones is 1. The zero-order valence-corrected chi connectivity index (χ0v) is 21.9. The summed E-state index contributed by atoms with van der Waals surface area (Å²) in [7, 11) is 1.47. The van der Waals surface area contributed by atoms with Gasteiger partial charge in [-0.15, -0.1) is 0 Å². The molecule has 0 aromatic carbocycles. The molecule has 6 heteroatoms. The summed E-state index contributed by atoms with van der Waals surface area (Å²) in [5.74, 6) is 1.30. The van der Waals surface area contributed by atoms with E-state index >= 15 is 0 Å². The van der Waals surface area contributed by atoms with Crippen molar-refractivity contribution in [2.24, 2.45) is 34.0 Å². The van der Waals surface area contributed by atoms with Gasteiger partial charge in [-0.05, 0) is 85.7 Å². The first-order valence-corrected chi connectivity index (χ1v) is 13.1. The Hall–Kier alpha value is -1.37. The van der Waals surface area contributed by atoms with Gasteiger partial charge in [0.25, 0.3) is 0 Å². The normalized spacial score (nSPS) is 49.7. The fourth-order valence-corrected chi connectivity index (χ4v) is 9.63. The third-order valence-corrected chi connectivity index (χ3v) is 11.5. The van der Waals surface area contributed by atoms with E-state index in [0.29, 0.717) is 24.0 Å². The minimum atomic E-state index is -1.55. The molecule has 0 aromatic rings. The number of aliphatic hydroxyl groups is 1. The van der Waals surface area contributed by atoms with Gasteiger partial charge in [-0.2, -0.15) is 0 Å². The van der Waals surface area contributed by atoms with Crippen LogP contribution < -0.4 is 0 Å². The lowest BCUT2D eigenvalue weighted by Crippen LogP contribution is -2.67. The molecule has 4 fully saturated rings. The molecule has 0 amide bonds. The summed E-state index contributed by atoms with van der Waals surface area (Å²) >= 11 is 0. The Morgan fingerprint density at radius 1 is 1.06 bits per heavy atom. The number of methoxy groups -OCH3 is 1. The average molecular weight is 475 g/mol. The number of hydrogen-bond donors (Lipinski definition) is 2. The van der Waals surface area contributed by atoms with Gasteiger partial charge in [0.15, 0.2) is 5.76 Å². The zero-order valence-electron chi connectivity index (χ0n) is 21.9. The van der Waals surface area contributed by atoms with Crippen LogP contribution in [0.15, 0.2) is 23.2 Å². The fourth-order valence-electron chi connectivity index (χ4n) is 9.63. The van der Waals surface area contributed by atoms with Gasteiger partial charge in [0, 0.05) is 11.8 Å². The number of carbonyl (C=O) groups excluding carboxylic acids is 1. The summed E-state index contributed by atoms with van der Waals surface area (Å²) in [6, 6.07) is 0. The molecule has 6 nitrogen and oxygen atoms in total. The van der Waals surface area contributed by atoms with Gasteiger partial charge in [0.1, 0.15) is 11.4 Å². The van der Waals surface area contributed by atoms with Crippen molar-refractivity contribution in [3.05, 3.63) is 23.2 Å². The standard InChI is InChI=1S/C28H42O6/c1-16-14-18(32-7)22(30)27(34-31)15-28(33-23(16)27)17(2)8-9-20-25(5)12-11-21(29)24(3,4)19(25)10-13-26(20,28)6/h14,17,19-21,29,31H,8-13,15H2,1-7H3/t17-,19-,20+,21-,25-,26+,27+,28-/m0/s1. The van der Waals surface area contributed by atoms with E-state index < -0.39 is 11.2 Å². The second-order valence-corrected chi connectivity index (χ2v) is 13.1. The monoisotopic (exact) mass is 474 g/mol. The minimum Gasteiger partial charge on any atom is -0.493 e. The van der Waals surface area contributed by atoms with Gasteiger partial charge in [-0.1, -0.05) is 34.6 Å². The molecule has 0 unspecified atom stereocenters. The van der Waals surface area contributed by atoms with Crippen molar-refractivity contribution in [1.29, 1.82) is 0 Å². The first-order chi connectivity index (χ1) is 15.8. The Bertz CT molecular complexity index is 966. The number of rotatable bonds is 2. The van der Waals surface area contributed by atoms with E-state index in [1.807, 2.05) is 6.92 Å². The van der Waals surface area contributed by atoms with Gasteiger partial charge < -0.3 is 14.6 Å². The summed E-state index contributed by atoms with van der Waals surface area (Å²) in [6.07, 6.45) is 7.65. The molecule has 5 aliphatic rings. The molecule has 8 atom stereocenters. The van der Waals surface area contributed by atoms with Crippen LogP contribution in [-0.4, -0.2) is 40.6 Å². The lowest BCUT2D eigenvalue weighted by Gasteiger charge is -2.69. The van der Waals surface area contributed by atoms with E-state index in [4.69, 9.17) is 14.4 Å². The van der Waals surface area contributed by atoms with E-state index in [2.05, 4.69) is 34.6 Å². The van der Waals surface area contributed by atoms with Crippen LogP contribution in [0.2, 0.25) is 0 Å². The smallest absolute Gasteiger partial charge is 0.240 e. The fraction of sp³-hybridized carbons (Fsp3) is 0.821. The van der Waals surface area contributed by atoms with Crippen molar-refractivity contribution in [2.75, 3.05) is 7.11 Å². The van der Waals surface area contributed by atoms with Crippen LogP contribution in [0.25, 0.3) is 0 Å². The van der Waals surface area contributed by atoms with Crippen LogP contribution in [0.1, 0.15) is 86.5 Å². The number of Topliss-reactive ketones (excluding diaryl/α,β-unsaturated/α-hetero) is 1. The predicted molar refractivity (Wildman–Crippen MR) is 128 cm³/mol. The molecular formula is C28H42O6. The summed E-state index contributed by atoms with van der Waals surface area (Å²) in [5, 5.41) is 21.1. The molecule has 0 bridgehead atoms.